The van der Waals surface area contributed by atoms with Crippen molar-refractivity contribution in [2.45, 2.75) is 10.8 Å². The Morgan fingerprint density at radius 2 is 0.588 bits per heavy atom. The van der Waals surface area contributed by atoms with Gasteiger partial charge in [-0.15, -0.1) is 0 Å². The lowest BCUT2D eigenvalue weighted by molar-refractivity contribution is 0.768. The number of nitrogens with one attached hydrogen (secondary N) is 1. The zero-order chi connectivity index (χ0) is 33.6. The van der Waals surface area contributed by atoms with Crippen LogP contribution in [0.25, 0.3) is 33.4 Å². The molecule has 1 nitrogen and oxygen atoms in total. The monoisotopic (exact) mass is 647 g/mol. The Balaban J connectivity index is 1.17. The molecule has 3 aliphatic carbocycles. The Kier molecular flexibility index (Phi) is 5.86. The van der Waals surface area contributed by atoms with Crippen molar-refractivity contribution in [3.63, 3.8) is 0 Å². The third-order valence-corrected chi connectivity index (χ3v) is 11.8. The van der Waals surface area contributed by atoms with Crippen molar-refractivity contribution < 1.29 is 0 Å². The fourth-order valence-corrected chi connectivity index (χ4v) is 9.99. The van der Waals surface area contributed by atoms with Crippen LogP contribution < -0.4 is 5.32 Å². The van der Waals surface area contributed by atoms with E-state index in [-0.39, 0.29) is 5.41 Å². The highest BCUT2D eigenvalue weighted by Crippen LogP contribution is 2.64. The van der Waals surface area contributed by atoms with Gasteiger partial charge in [0.15, 0.2) is 0 Å². The maximum absolute atomic E-state index is 4.08. The number of anilines is 2. The minimum absolute atomic E-state index is 0.377. The maximum atomic E-state index is 4.08. The minimum atomic E-state index is -0.446. The third kappa shape index (κ3) is 3.55. The summed E-state index contributed by atoms with van der Waals surface area (Å²) in [6.07, 6.45) is 0. The minimum Gasteiger partial charge on any atom is -0.354 e. The molecule has 1 heteroatoms. The topological polar surface area (TPSA) is 12.0 Å². The molecule has 3 aliphatic rings. The first-order chi connectivity index (χ1) is 25.3. The molecule has 1 spiro atoms. The highest BCUT2D eigenvalue weighted by atomic mass is 14.9. The van der Waals surface area contributed by atoms with Gasteiger partial charge in [0.2, 0.25) is 0 Å². The van der Waals surface area contributed by atoms with E-state index in [1.807, 2.05) is 0 Å². The van der Waals surface area contributed by atoms with Gasteiger partial charge in [-0.25, -0.2) is 0 Å². The molecule has 0 saturated carbocycles. The van der Waals surface area contributed by atoms with Crippen LogP contribution in [0, 0.1) is 0 Å². The summed E-state index contributed by atoms with van der Waals surface area (Å²) in [5.74, 6) is 0. The van der Waals surface area contributed by atoms with E-state index in [1.165, 1.54) is 77.9 Å². The van der Waals surface area contributed by atoms with Gasteiger partial charge in [-0.05, 0) is 78.9 Å². The van der Waals surface area contributed by atoms with Crippen molar-refractivity contribution in [3.8, 4) is 33.4 Å². The van der Waals surface area contributed by atoms with Crippen molar-refractivity contribution in [3.05, 3.63) is 239 Å². The van der Waals surface area contributed by atoms with Crippen molar-refractivity contribution in [1.82, 2.24) is 0 Å². The molecular weight excluding hydrogens is 615 g/mol. The molecule has 0 fully saturated rings. The predicted molar refractivity (Wildman–Crippen MR) is 210 cm³/mol. The van der Waals surface area contributed by atoms with Crippen LogP contribution in [0.4, 0.5) is 11.4 Å². The SMILES string of the molecule is c1ccc(C2(c3ccccc3)c3ccccc3-c3c(Nc4cccc5c4-c4ccccc4C54c5ccccc5-c5ccccc54)cccc32)cc1. The van der Waals surface area contributed by atoms with Crippen LogP contribution in [0.2, 0.25) is 0 Å². The molecule has 0 amide bonds. The maximum Gasteiger partial charge on any atom is 0.0726 e. The van der Waals surface area contributed by atoms with E-state index in [2.05, 4.69) is 199 Å². The first kappa shape index (κ1) is 28.4. The predicted octanol–water partition coefficient (Wildman–Crippen LogP) is 12.1. The second-order valence-electron chi connectivity index (χ2n) is 14.0. The van der Waals surface area contributed by atoms with E-state index >= 15 is 0 Å². The Morgan fingerprint density at radius 3 is 1.06 bits per heavy atom. The van der Waals surface area contributed by atoms with Gasteiger partial charge in [0.05, 0.1) is 10.8 Å². The lowest BCUT2D eigenvalue weighted by atomic mass is 9.68. The fraction of sp³-hybridized carbons (Fsp3) is 0.0400. The quantitative estimate of drug-likeness (QED) is 0.200. The van der Waals surface area contributed by atoms with E-state index in [9.17, 15) is 0 Å². The first-order valence-electron chi connectivity index (χ1n) is 17.9. The summed E-state index contributed by atoms with van der Waals surface area (Å²) in [5.41, 5.74) is 19.7. The number of benzene rings is 8. The van der Waals surface area contributed by atoms with Gasteiger partial charge in [0.25, 0.3) is 0 Å². The van der Waals surface area contributed by atoms with Crippen molar-refractivity contribution in [2.75, 3.05) is 5.32 Å². The summed E-state index contributed by atoms with van der Waals surface area (Å²) in [7, 11) is 0. The molecule has 8 aromatic rings. The molecule has 0 bridgehead atoms. The van der Waals surface area contributed by atoms with Crippen LogP contribution in [0.1, 0.15) is 44.5 Å². The summed E-state index contributed by atoms with van der Waals surface area (Å²) in [6.45, 7) is 0. The molecule has 0 aromatic heterocycles. The Hall–Kier alpha value is -6.44. The molecule has 238 valence electrons. The molecule has 51 heavy (non-hydrogen) atoms. The van der Waals surface area contributed by atoms with Crippen LogP contribution in [0.3, 0.4) is 0 Å². The molecule has 8 aromatic carbocycles. The zero-order valence-electron chi connectivity index (χ0n) is 28.0. The molecule has 0 aliphatic heterocycles. The average molecular weight is 648 g/mol. The average Bonchev–Trinajstić information content (AvgIpc) is 3.80. The van der Waals surface area contributed by atoms with Crippen molar-refractivity contribution in [2.24, 2.45) is 0 Å². The third-order valence-electron chi connectivity index (χ3n) is 11.8. The Labute approximate surface area is 298 Å². The summed E-state index contributed by atoms with van der Waals surface area (Å²) in [6, 6.07) is 71.9. The Morgan fingerprint density at radius 1 is 0.255 bits per heavy atom. The van der Waals surface area contributed by atoms with E-state index in [4.69, 9.17) is 0 Å². The van der Waals surface area contributed by atoms with Gasteiger partial charge in [-0.3, -0.25) is 0 Å². The summed E-state index contributed by atoms with van der Waals surface area (Å²) in [5, 5.41) is 4.08. The molecule has 0 atom stereocenters. The summed E-state index contributed by atoms with van der Waals surface area (Å²) < 4.78 is 0. The molecule has 11 rings (SSSR count). The van der Waals surface area contributed by atoms with Crippen molar-refractivity contribution in [1.29, 1.82) is 0 Å². The number of rotatable bonds is 4. The summed E-state index contributed by atoms with van der Waals surface area (Å²) >= 11 is 0. The zero-order valence-corrected chi connectivity index (χ0v) is 28.0. The number of hydrogen-bond acceptors (Lipinski definition) is 1. The second kappa shape index (κ2) is 10.5. The molecule has 0 radical (unpaired) electrons. The molecular formula is C50H33N. The van der Waals surface area contributed by atoms with Crippen molar-refractivity contribution >= 4 is 11.4 Å². The lowest BCUT2D eigenvalue weighted by Gasteiger charge is -2.34. The molecule has 0 heterocycles. The number of hydrogen-bond donors (Lipinski definition) is 1. The normalized spacial score (nSPS) is 14.6. The van der Waals surface area contributed by atoms with Gasteiger partial charge in [-0.1, -0.05) is 182 Å². The van der Waals surface area contributed by atoms with E-state index < -0.39 is 5.41 Å². The van der Waals surface area contributed by atoms with Gasteiger partial charge < -0.3 is 5.32 Å². The lowest BCUT2D eigenvalue weighted by Crippen LogP contribution is -2.28. The van der Waals surface area contributed by atoms with Crippen LogP contribution in [0.5, 0.6) is 0 Å². The Bertz CT molecular complexity index is 2490. The van der Waals surface area contributed by atoms with Gasteiger partial charge >= 0.3 is 0 Å². The van der Waals surface area contributed by atoms with Gasteiger partial charge in [0.1, 0.15) is 0 Å². The largest absolute Gasteiger partial charge is 0.354 e. The second-order valence-corrected chi connectivity index (χ2v) is 14.0. The highest BCUT2D eigenvalue weighted by Gasteiger charge is 2.52. The van der Waals surface area contributed by atoms with Crippen LogP contribution in [-0.4, -0.2) is 0 Å². The standard InChI is InChI=1S/C50H33N/c1-3-17-33(18-4-1)49(34-19-5-2-6-20-34)41-27-13-9-23-37(41)47-43(49)29-15-31-45(47)51-46-32-16-30-44-48(46)38-24-10-14-28-42(38)50(44)39-25-11-7-21-35(39)36-22-8-12-26-40(36)50/h1-32,51H. The van der Waals surface area contributed by atoms with E-state index in [0.717, 1.165) is 11.4 Å². The molecule has 0 unspecified atom stereocenters. The fourth-order valence-electron chi connectivity index (χ4n) is 9.99. The molecule has 0 saturated heterocycles. The van der Waals surface area contributed by atoms with Crippen LogP contribution in [-0.2, 0) is 10.8 Å². The van der Waals surface area contributed by atoms with Gasteiger partial charge in [0, 0.05) is 22.5 Å². The van der Waals surface area contributed by atoms with E-state index in [0.29, 0.717) is 0 Å². The smallest absolute Gasteiger partial charge is 0.0726 e. The summed E-state index contributed by atoms with van der Waals surface area (Å²) in [4.78, 5) is 0. The highest BCUT2D eigenvalue weighted by molar-refractivity contribution is 6.01. The van der Waals surface area contributed by atoms with Gasteiger partial charge in [-0.2, -0.15) is 0 Å². The van der Waals surface area contributed by atoms with Crippen LogP contribution >= 0.6 is 0 Å². The van der Waals surface area contributed by atoms with E-state index in [1.54, 1.807) is 0 Å². The first-order valence-corrected chi connectivity index (χ1v) is 17.9. The van der Waals surface area contributed by atoms with Crippen LogP contribution in [0.15, 0.2) is 194 Å². The number of fused-ring (bicyclic) bond motifs is 13. The molecule has 1 N–H and O–H groups in total.